The SMILES string of the molecule is CC1(C)NC2(CCC(N)CC2)CNC1=O. The fourth-order valence-corrected chi connectivity index (χ4v) is 2.73. The highest BCUT2D eigenvalue weighted by Crippen LogP contribution is 2.31. The molecular weight excluding hydrogens is 190 g/mol. The summed E-state index contributed by atoms with van der Waals surface area (Å²) >= 11 is 0. The zero-order valence-electron chi connectivity index (χ0n) is 9.60. The van der Waals surface area contributed by atoms with E-state index < -0.39 is 5.54 Å². The van der Waals surface area contributed by atoms with Crippen LogP contribution in [0.4, 0.5) is 0 Å². The number of rotatable bonds is 0. The number of carbonyl (C=O) groups excluding carboxylic acids is 1. The molecule has 2 rings (SSSR count). The molecule has 1 saturated carbocycles. The fraction of sp³-hybridized carbons (Fsp3) is 0.909. The summed E-state index contributed by atoms with van der Waals surface area (Å²) < 4.78 is 0. The van der Waals surface area contributed by atoms with Crippen molar-refractivity contribution in [3.63, 3.8) is 0 Å². The minimum Gasteiger partial charge on any atom is -0.353 e. The molecule has 4 heteroatoms. The molecule has 0 bridgehead atoms. The molecule has 0 aromatic carbocycles. The van der Waals surface area contributed by atoms with Crippen LogP contribution in [-0.2, 0) is 4.79 Å². The predicted octanol–water partition coefficient (Wildman–Crippen LogP) is 0.125. The largest absolute Gasteiger partial charge is 0.353 e. The second-order valence-electron chi connectivity index (χ2n) is 5.55. The van der Waals surface area contributed by atoms with E-state index in [1.165, 1.54) is 0 Å². The summed E-state index contributed by atoms with van der Waals surface area (Å²) in [4.78, 5) is 11.6. The molecular formula is C11H21N3O. The van der Waals surface area contributed by atoms with E-state index in [9.17, 15) is 4.79 Å². The van der Waals surface area contributed by atoms with Crippen LogP contribution in [0, 0.1) is 0 Å². The summed E-state index contributed by atoms with van der Waals surface area (Å²) in [6, 6.07) is 0.346. The second-order valence-corrected chi connectivity index (χ2v) is 5.55. The zero-order chi connectivity index (χ0) is 11.1. The lowest BCUT2D eigenvalue weighted by molar-refractivity contribution is -0.131. The van der Waals surface area contributed by atoms with E-state index in [-0.39, 0.29) is 11.4 Å². The van der Waals surface area contributed by atoms with Gasteiger partial charge in [-0.2, -0.15) is 0 Å². The number of hydrogen-bond donors (Lipinski definition) is 3. The van der Waals surface area contributed by atoms with E-state index >= 15 is 0 Å². The molecule has 1 aliphatic heterocycles. The monoisotopic (exact) mass is 211 g/mol. The van der Waals surface area contributed by atoms with Gasteiger partial charge in [-0.25, -0.2) is 0 Å². The van der Waals surface area contributed by atoms with E-state index in [0.717, 1.165) is 32.2 Å². The highest BCUT2D eigenvalue weighted by molar-refractivity contribution is 5.86. The summed E-state index contributed by atoms with van der Waals surface area (Å²) in [7, 11) is 0. The summed E-state index contributed by atoms with van der Waals surface area (Å²) in [5.74, 6) is 0.1000. The van der Waals surface area contributed by atoms with E-state index in [0.29, 0.717) is 6.04 Å². The Balaban J connectivity index is 2.08. The minimum absolute atomic E-state index is 0.0906. The fourth-order valence-electron chi connectivity index (χ4n) is 2.73. The van der Waals surface area contributed by atoms with Gasteiger partial charge >= 0.3 is 0 Å². The highest BCUT2D eigenvalue weighted by Gasteiger charge is 2.45. The molecule has 2 fully saturated rings. The van der Waals surface area contributed by atoms with Crippen molar-refractivity contribution < 1.29 is 4.79 Å². The molecule has 86 valence electrons. The Morgan fingerprint density at radius 2 is 1.93 bits per heavy atom. The first kappa shape index (κ1) is 10.9. The van der Waals surface area contributed by atoms with Crippen LogP contribution in [0.15, 0.2) is 0 Å². The maximum absolute atomic E-state index is 11.6. The van der Waals surface area contributed by atoms with Gasteiger partial charge < -0.3 is 11.1 Å². The van der Waals surface area contributed by atoms with Crippen molar-refractivity contribution in [1.29, 1.82) is 0 Å². The molecule has 0 atom stereocenters. The van der Waals surface area contributed by atoms with Gasteiger partial charge in [0.05, 0.1) is 5.54 Å². The average Bonchev–Trinajstić information content (AvgIpc) is 2.17. The third kappa shape index (κ3) is 2.01. The standard InChI is InChI=1S/C11H21N3O/c1-10(2)9(15)13-7-11(14-10)5-3-8(12)4-6-11/h8,14H,3-7,12H2,1-2H3,(H,13,15). The Morgan fingerprint density at radius 3 is 2.47 bits per heavy atom. The van der Waals surface area contributed by atoms with Gasteiger partial charge in [-0.15, -0.1) is 0 Å². The van der Waals surface area contributed by atoms with Crippen molar-refractivity contribution in [2.45, 2.75) is 56.7 Å². The van der Waals surface area contributed by atoms with Crippen LogP contribution in [0.3, 0.4) is 0 Å². The number of nitrogens with one attached hydrogen (secondary N) is 2. The summed E-state index contributed by atoms with van der Waals surface area (Å²) in [5.41, 5.74) is 5.55. The van der Waals surface area contributed by atoms with Crippen LogP contribution in [0.2, 0.25) is 0 Å². The predicted molar refractivity (Wildman–Crippen MR) is 59.4 cm³/mol. The molecule has 0 aromatic rings. The van der Waals surface area contributed by atoms with Crippen molar-refractivity contribution in [1.82, 2.24) is 10.6 Å². The molecule has 0 unspecified atom stereocenters. The zero-order valence-corrected chi connectivity index (χ0v) is 9.60. The van der Waals surface area contributed by atoms with Crippen LogP contribution in [-0.4, -0.2) is 29.6 Å². The van der Waals surface area contributed by atoms with Crippen LogP contribution < -0.4 is 16.4 Å². The highest BCUT2D eigenvalue weighted by atomic mass is 16.2. The van der Waals surface area contributed by atoms with Crippen molar-refractivity contribution in [3.05, 3.63) is 0 Å². The van der Waals surface area contributed by atoms with Gasteiger partial charge in [-0.1, -0.05) is 0 Å². The lowest BCUT2D eigenvalue weighted by Gasteiger charge is -2.48. The van der Waals surface area contributed by atoms with Gasteiger partial charge in [-0.05, 0) is 39.5 Å². The maximum atomic E-state index is 11.6. The molecule has 0 radical (unpaired) electrons. The number of nitrogens with two attached hydrogens (primary N) is 1. The Bertz CT molecular complexity index is 267. The Kier molecular flexibility index (Phi) is 2.51. The third-order valence-corrected chi connectivity index (χ3v) is 3.72. The molecule has 1 spiro atoms. The lowest BCUT2D eigenvalue weighted by Crippen LogP contribution is -2.71. The summed E-state index contributed by atoms with van der Waals surface area (Å²) in [5, 5.41) is 6.52. The Hall–Kier alpha value is -0.610. The number of hydrogen-bond acceptors (Lipinski definition) is 3. The normalized spacial score (nSPS) is 40.2. The Labute approximate surface area is 91.0 Å². The van der Waals surface area contributed by atoms with Crippen molar-refractivity contribution in [2.75, 3.05) is 6.54 Å². The summed E-state index contributed by atoms with van der Waals surface area (Å²) in [6.07, 6.45) is 4.24. The summed E-state index contributed by atoms with van der Waals surface area (Å²) in [6.45, 7) is 4.64. The molecule has 4 nitrogen and oxygen atoms in total. The molecule has 1 heterocycles. The van der Waals surface area contributed by atoms with Crippen molar-refractivity contribution >= 4 is 5.91 Å². The Morgan fingerprint density at radius 1 is 1.33 bits per heavy atom. The smallest absolute Gasteiger partial charge is 0.239 e. The van der Waals surface area contributed by atoms with Crippen LogP contribution in [0.5, 0.6) is 0 Å². The average molecular weight is 211 g/mol. The first-order valence-electron chi connectivity index (χ1n) is 5.77. The third-order valence-electron chi connectivity index (χ3n) is 3.72. The van der Waals surface area contributed by atoms with E-state index in [1.807, 2.05) is 13.8 Å². The van der Waals surface area contributed by atoms with E-state index in [4.69, 9.17) is 5.73 Å². The van der Waals surface area contributed by atoms with Crippen LogP contribution in [0.1, 0.15) is 39.5 Å². The van der Waals surface area contributed by atoms with Crippen molar-refractivity contribution in [2.24, 2.45) is 5.73 Å². The minimum atomic E-state index is -0.445. The number of carbonyl (C=O) groups is 1. The molecule has 1 aliphatic carbocycles. The van der Waals surface area contributed by atoms with Gasteiger partial charge in [-0.3, -0.25) is 10.1 Å². The van der Waals surface area contributed by atoms with E-state index in [2.05, 4.69) is 10.6 Å². The van der Waals surface area contributed by atoms with Crippen LogP contribution >= 0.6 is 0 Å². The molecule has 15 heavy (non-hydrogen) atoms. The van der Waals surface area contributed by atoms with Crippen molar-refractivity contribution in [3.8, 4) is 0 Å². The first-order valence-corrected chi connectivity index (χ1v) is 5.77. The van der Waals surface area contributed by atoms with E-state index in [1.54, 1.807) is 0 Å². The number of piperazine rings is 1. The topological polar surface area (TPSA) is 67.2 Å². The van der Waals surface area contributed by atoms with Gasteiger partial charge in [0, 0.05) is 18.1 Å². The first-order chi connectivity index (χ1) is 6.94. The molecule has 4 N–H and O–H groups in total. The number of amides is 1. The van der Waals surface area contributed by atoms with Gasteiger partial charge in [0.1, 0.15) is 0 Å². The van der Waals surface area contributed by atoms with Gasteiger partial charge in [0.25, 0.3) is 0 Å². The molecule has 1 amide bonds. The molecule has 0 aromatic heterocycles. The van der Waals surface area contributed by atoms with Gasteiger partial charge in [0.15, 0.2) is 0 Å². The second kappa shape index (κ2) is 3.46. The molecule has 2 aliphatic rings. The molecule has 1 saturated heterocycles. The quantitative estimate of drug-likeness (QED) is 0.533. The maximum Gasteiger partial charge on any atom is 0.239 e. The lowest BCUT2D eigenvalue weighted by atomic mass is 9.76. The van der Waals surface area contributed by atoms with Gasteiger partial charge in [0.2, 0.25) is 5.91 Å². The van der Waals surface area contributed by atoms with Crippen LogP contribution in [0.25, 0.3) is 0 Å².